The van der Waals surface area contributed by atoms with Crippen LogP contribution in [0.15, 0.2) is 90.1 Å². The van der Waals surface area contributed by atoms with Gasteiger partial charge in [-0.05, 0) is 110 Å². The van der Waals surface area contributed by atoms with Crippen LogP contribution >= 0.6 is 0 Å². The summed E-state index contributed by atoms with van der Waals surface area (Å²) in [7, 11) is 4.92. The number of hydrogen-bond donors (Lipinski definition) is 2. The summed E-state index contributed by atoms with van der Waals surface area (Å²) >= 11 is 0. The number of allylic oxidation sites excluding steroid dienone is 1. The summed E-state index contributed by atoms with van der Waals surface area (Å²) in [6, 6.07) is 17.7. The molecule has 0 aromatic heterocycles. The van der Waals surface area contributed by atoms with Gasteiger partial charge in [-0.25, -0.2) is 0 Å². The molecule has 0 bridgehead atoms. The Bertz CT molecular complexity index is 2110. The SMILES string of the molecule is C=CCO[C@@]12Oc3ccc(Oc4ccc(OC)c(C=O)c4)cc3[C@H]3[C@H](CCCCO)[C@@H](CCCCO)C=C(C(=NOC4CCCCO4)C[C@@H]1N(C)C(=O)Cc1cccc(OC)c1)[C@H]32. The van der Waals surface area contributed by atoms with Crippen molar-refractivity contribution in [1.82, 2.24) is 4.90 Å². The fraction of sp³-hybridized carbons (Fsp3) is 0.500. The highest BCUT2D eigenvalue weighted by molar-refractivity contribution is 6.03. The maximum absolute atomic E-state index is 14.6. The van der Waals surface area contributed by atoms with Crippen molar-refractivity contribution in [1.29, 1.82) is 0 Å². The van der Waals surface area contributed by atoms with Crippen molar-refractivity contribution < 1.29 is 53.1 Å². The number of benzene rings is 3. The van der Waals surface area contributed by atoms with Crippen LogP contribution in [-0.4, -0.2) is 98.8 Å². The monoisotopic (exact) mass is 866 g/mol. The zero-order chi connectivity index (χ0) is 44.3. The van der Waals surface area contributed by atoms with Gasteiger partial charge in [-0.2, -0.15) is 0 Å². The fourth-order valence-corrected chi connectivity index (χ4v) is 9.97. The number of aldehydes is 1. The number of unbranched alkanes of at least 4 members (excludes halogenated alkanes) is 2. The van der Waals surface area contributed by atoms with Crippen LogP contribution in [0.2, 0.25) is 0 Å². The Morgan fingerprint density at radius 3 is 2.49 bits per heavy atom. The zero-order valence-electron chi connectivity index (χ0n) is 36.7. The number of aliphatic hydroxyl groups excluding tert-OH is 2. The van der Waals surface area contributed by atoms with Crippen molar-refractivity contribution in [2.75, 3.05) is 47.7 Å². The number of ether oxygens (including phenoxy) is 6. The molecule has 2 N–H and O–H groups in total. The number of carbonyl (C=O) groups is 2. The van der Waals surface area contributed by atoms with Gasteiger partial charge in [0.05, 0.1) is 51.0 Å². The summed E-state index contributed by atoms with van der Waals surface area (Å²) in [4.78, 5) is 34.5. The lowest BCUT2D eigenvalue weighted by Gasteiger charge is -2.59. The summed E-state index contributed by atoms with van der Waals surface area (Å²) in [6.45, 7) is 4.93. The molecule has 3 aromatic carbocycles. The number of fused-ring (bicyclic) bond motifs is 2. The Balaban J connectivity index is 1.40. The summed E-state index contributed by atoms with van der Waals surface area (Å²) in [5.41, 5.74) is 3.71. The van der Waals surface area contributed by atoms with Gasteiger partial charge < -0.3 is 48.4 Å². The van der Waals surface area contributed by atoms with Gasteiger partial charge in [0.2, 0.25) is 18.0 Å². The van der Waals surface area contributed by atoms with Crippen molar-refractivity contribution in [2.45, 2.75) is 94.7 Å². The third kappa shape index (κ3) is 10.1. The third-order valence-electron chi connectivity index (χ3n) is 13.0. The fourth-order valence-electron chi connectivity index (χ4n) is 9.97. The van der Waals surface area contributed by atoms with Crippen molar-refractivity contribution >= 4 is 17.9 Å². The van der Waals surface area contributed by atoms with Crippen LogP contribution in [0.1, 0.15) is 91.6 Å². The molecule has 4 aliphatic rings. The van der Waals surface area contributed by atoms with Gasteiger partial charge >= 0.3 is 0 Å². The van der Waals surface area contributed by atoms with Crippen molar-refractivity contribution in [3.63, 3.8) is 0 Å². The number of carbonyl (C=O) groups excluding carboxylic acids is 2. The average molecular weight is 867 g/mol. The quantitative estimate of drug-likeness (QED) is 0.0461. The van der Waals surface area contributed by atoms with E-state index in [0.29, 0.717) is 59.5 Å². The van der Waals surface area contributed by atoms with Gasteiger partial charge in [0.25, 0.3) is 0 Å². The minimum atomic E-state index is -1.40. The number of methoxy groups -OCH3 is 2. The topological polar surface area (TPSA) is 155 Å². The molecule has 0 spiro atoms. The molecule has 2 aliphatic heterocycles. The molecule has 1 amide bonds. The van der Waals surface area contributed by atoms with E-state index in [1.807, 2.05) is 42.5 Å². The first-order chi connectivity index (χ1) is 30.8. The van der Waals surface area contributed by atoms with Crippen LogP contribution in [0.3, 0.4) is 0 Å². The summed E-state index contributed by atoms with van der Waals surface area (Å²) in [6.07, 6.45) is 11.8. The Kier molecular flexibility index (Phi) is 15.6. The molecule has 2 aliphatic carbocycles. The molecule has 7 atom stereocenters. The van der Waals surface area contributed by atoms with E-state index in [9.17, 15) is 19.8 Å². The van der Waals surface area contributed by atoms with E-state index in [1.165, 1.54) is 7.11 Å². The molecule has 2 heterocycles. The minimum absolute atomic E-state index is 0.0247. The molecule has 0 radical (unpaired) electrons. The van der Waals surface area contributed by atoms with E-state index < -0.39 is 24.0 Å². The van der Waals surface area contributed by atoms with Crippen LogP contribution < -0.4 is 18.9 Å². The Morgan fingerprint density at radius 2 is 1.76 bits per heavy atom. The lowest BCUT2D eigenvalue weighted by molar-refractivity contribution is -0.255. The molecule has 338 valence electrons. The van der Waals surface area contributed by atoms with Gasteiger partial charge in [-0.15, -0.1) is 6.58 Å². The molecule has 63 heavy (non-hydrogen) atoms. The number of nitrogens with zero attached hydrogens (tertiary/aromatic N) is 2. The smallest absolute Gasteiger partial charge is 0.239 e. The molecule has 1 unspecified atom stereocenters. The highest BCUT2D eigenvalue weighted by Crippen LogP contribution is 2.62. The van der Waals surface area contributed by atoms with E-state index in [1.54, 1.807) is 43.3 Å². The number of rotatable bonds is 21. The summed E-state index contributed by atoms with van der Waals surface area (Å²) < 4.78 is 37.7. The Morgan fingerprint density at radius 1 is 0.968 bits per heavy atom. The predicted octanol–water partition coefficient (Wildman–Crippen LogP) is 8.17. The van der Waals surface area contributed by atoms with Crippen LogP contribution in [0.4, 0.5) is 0 Å². The van der Waals surface area contributed by atoms with E-state index in [0.717, 1.165) is 67.9 Å². The molecule has 1 saturated heterocycles. The second-order valence-electron chi connectivity index (χ2n) is 16.8. The van der Waals surface area contributed by atoms with Crippen molar-refractivity contribution in [3.8, 4) is 28.7 Å². The molecule has 2 fully saturated rings. The van der Waals surface area contributed by atoms with Gasteiger partial charge in [0, 0.05) is 44.6 Å². The number of aliphatic hydroxyl groups is 2. The van der Waals surface area contributed by atoms with Gasteiger partial charge in [-0.1, -0.05) is 42.3 Å². The van der Waals surface area contributed by atoms with Crippen LogP contribution in [-0.2, 0) is 25.5 Å². The van der Waals surface area contributed by atoms with Crippen molar-refractivity contribution in [2.24, 2.45) is 22.9 Å². The second kappa shape index (κ2) is 21.4. The predicted molar refractivity (Wildman–Crippen MR) is 238 cm³/mol. The number of likely N-dealkylation sites (N-methyl/N-ethyl adjacent to an activating group) is 1. The largest absolute Gasteiger partial charge is 0.497 e. The summed E-state index contributed by atoms with van der Waals surface area (Å²) in [5, 5.41) is 24.8. The third-order valence-corrected chi connectivity index (χ3v) is 13.0. The van der Waals surface area contributed by atoms with Crippen LogP contribution in [0, 0.1) is 17.8 Å². The molecular formula is C50H62N2O11. The first kappa shape index (κ1) is 45.8. The highest BCUT2D eigenvalue weighted by Gasteiger charge is 2.65. The first-order valence-corrected chi connectivity index (χ1v) is 22.3. The normalized spacial score (nSPS) is 25.4. The average Bonchev–Trinajstić information content (AvgIpc) is 3.31. The molecule has 13 nitrogen and oxygen atoms in total. The maximum Gasteiger partial charge on any atom is 0.239 e. The van der Waals surface area contributed by atoms with Gasteiger partial charge in [-0.3, -0.25) is 9.59 Å². The van der Waals surface area contributed by atoms with E-state index in [4.69, 9.17) is 38.4 Å². The number of amides is 1. The van der Waals surface area contributed by atoms with E-state index >= 15 is 0 Å². The molecule has 13 heteroatoms. The summed E-state index contributed by atoms with van der Waals surface area (Å²) in [5.74, 6) is 0.519. The first-order valence-electron chi connectivity index (χ1n) is 22.3. The number of oxime groups is 1. The second-order valence-corrected chi connectivity index (χ2v) is 16.8. The van der Waals surface area contributed by atoms with Crippen LogP contribution in [0.25, 0.3) is 0 Å². The number of hydrogen-bond acceptors (Lipinski definition) is 12. The van der Waals surface area contributed by atoms with E-state index in [-0.39, 0.29) is 56.3 Å². The molecule has 7 rings (SSSR count). The Labute approximate surface area is 370 Å². The van der Waals surface area contributed by atoms with Crippen LogP contribution in [0.5, 0.6) is 28.7 Å². The Hall–Kier alpha value is -5.21. The lowest BCUT2D eigenvalue weighted by Crippen LogP contribution is -2.69. The highest BCUT2D eigenvalue weighted by atomic mass is 16.8. The standard InChI is InChI=1S/C50H62N2O11/c1-5-24-60-50-45(52(2)46(56)27-33-13-12-15-36(26-33)57-3)31-42(51-63-47-17-8-11-25-59-47)40-29-34(14-6-9-22-53)39(16-7-10-23-54)48(49(40)50)41-30-38(19-21-44(41)62-50)61-37-18-20-43(58-4)35(28-37)32-55/h5,12-13,15,18-21,26,28-30,32,34,39,45,47-49,53-54H,1,6-11,14,16-17,22-25,27,31H2,2-4H3/t34-,39+,45-,47?,48+,49+,50+/m0/s1. The van der Waals surface area contributed by atoms with E-state index in [2.05, 4.69) is 12.7 Å². The minimum Gasteiger partial charge on any atom is -0.497 e. The molecule has 1 saturated carbocycles. The van der Waals surface area contributed by atoms with Gasteiger partial charge in [0.1, 0.15) is 34.8 Å². The molecule has 3 aromatic rings. The zero-order valence-corrected chi connectivity index (χ0v) is 36.7. The van der Waals surface area contributed by atoms with Crippen molar-refractivity contribution in [3.05, 3.63) is 102 Å². The lowest BCUT2D eigenvalue weighted by atomic mass is 9.55. The van der Waals surface area contributed by atoms with Gasteiger partial charge in [0.15, 0.2) is 6.29 Å². The molecular weight excluding hydrogens is 805 g/mol. The maximum atomic E-state index is 14.6.